The molecule has 0 aromatic rings. The lowest BCUT2D eigenvalue weighted by atomic mass is 10.1. The van der Waals surface area contributed by atoms with Crippen LogP contribution in [0.25, 0.3) is 0 Å². The van der Waals surface area contributed by atoms with E-state index < -0.39 is 24.3 Å². The van der Waals surface area contributed by atoms with Gasteiger partial charge in [-0.3, -0.25) is 9.59 Å². The van der Waals surface area contributed by atoms with Gasteiger partial charge in [0.25, 0.3) is 6.29 Å². The highest BCUT2D eigenvalue weighted by Crippen LogP contribution is 2.12. The quantitative estimate of drug-likeness (QED) is 0.0212. The van der Waals surface area contributed by atoms with Crippen LogP contribution in [-0.4, -0.2) is 87.4 Å². The molecule has 0 fully saturated rings. The summed E-state index contributed by atoms with van der Waals surface area (Å²) in [4.78, 5) is 37.0. The van der Waals surface area contributed by atoms with Gasteiger partial charge in [-0.15, -0.1) is 0 Å². The summed E-state index contributed by atoms with van der Waals surface area (Å²) in [6, 6.07) is 0. The summed E-state index contributed by atoms with van der Waals surface area (Å²) in [5, 5.41) is 9.62. The minimum atomic E-state index is -1.52. The van der Waals surface area contributed by atoms with Crippen LogP contribution in [0.3, 0.4) is 0 Å². The van der Waals surface area contributed by atoms with Gasteiger partial charge in [-0.25, -0.2) is 4.79 Å². The van der Waals surface area contributed by atoms with Crippen molar-refractivity contribution >= 4 is 17.9 Å². The Hall–Kier alpha value is -4.05. The van der Waals surface area contributed by atoms with Crippen molar-refractivity contribution in [2.45, 2.75) is 174 Å². The van der Waals surface area contributed by atoms with Crippen molar-refractivity contribution in [1.82, 2.24) is 0 Å². The van der Waals surface area contributed by atoms with E-state index in [1.165, 1.54) is 32.1 Å². The average molecular weight is 893 g/mol. The lowest BCUT2D eigenvalue weighted by molar-refractivity contribution is -0.870. The number of carbonyl (C=O) groups excluding carboxylic acids is 2. The van der Waals surface area contributed by atoms with E-state index in [0.717, 1.165) is 96.3 Å². The summed E-state index contributed by atoms with van der Waals surface area (Å²) in [6.45, 7) is 4.65. The number of unbranched alkanes of at least 4 members (excludes halogenated alkanes) is 10. The van der Waals surface area contributed by atoms with Gasteiger partial charge in [-0.1, -0.05) is 175 Å². The van der Waals surface area contributed by atoms with Crippen LogP contribution in [-0.2, 0) is 33.3 Å². The molecule has 0 amide bonds. The predicted molar refractivity (Wildman–Crippen MR) is 267 cm³/mol. The van der Waals surface area contributed by atoms with Crippen molar-refractivity contribution in [3.05, 3.63) is 109 Å². The molecular formula is C55H90NO8+. The number of nitrogens with zero attached hydrogens (tertiary/aromatic N) is 1. The molecule has 0 aliphatic heterocycles. The Morgan fingerprint density at radius 1 is 0.484 bits per heavy atom. The zero-order valence-corrected chi connectivity index (χ0v) is 40.9. The number of aliphatic carboxylic acids is 1. The van der Waals surface area contributed by atoms with Gasteiger partial charge in [0.1, 0.15) is 13.2 Å². The number of likely N-dealkylation sites (N-methyl/N-ethyl adjacent to an activating group) is 1. The van der Waals surface area contributed by atoms with Gasteiger partial charge in [-0.2, -0.15) is 0 Å². The van der Waals surface area contributed by atoms with Crippen LogP contribution >= 0.6 is 0 Å². The van der Waals surface area contributed by atoms with Gasteiger partial charge in [0.15, 0.2) is 6.10 Å². The zero-order chi connectivity index (χ0) is 47.0. The number of rotatable bonds is 43. The Morgan fingerprint density at radius 2 is 0.891 bits per heavy atom. The number of esters is 2. The molecule has 2 atom stereocenters. The second kappa shape index (κ2) is 45.5. The van der Waals surface area contributed by atoms with Crippen molar-refractivity contribution in [2.75, 3.05) is 47.5 Å². The Labute approximate surface area is 390 Å². The van der Waals surface area contributed by atoms with Crippen LogP contribution in [0.5, 0.6) is 0 Å². The second-order valence-electron chi connectivity index (χ2n) is 17.0. The number of carboxylic acid groups (broad SMARTS) is 1. The number of quaternary nitrogens is 1. The van der Waals surface area contributed by atoms with E-state index in [4.69, 9.17) is 18.9 Å². The van der Waals surface area contributed by atoms with Gasteiger partial charge in [0, 0.05) is 12.8 Å². The fourth-order valence-electron chi connectivity index (χ4n) is 6.00. The lowest BCUT2D eigenvalue weighted by Crippen LogP contribution is -2.40. The molecule has 0 saturated heterocycles. The number of ether oxygens (including phenoxy) is 4. The van der Waals surface area contributed by atoms with Crippen LogP contribution in [0, 0.1) is 0 Å². The van der Waals surface area contributed by atoms with Gasteiger partial charge >= 0.3 is 17.9 Å². The number of allylic oxidation sites excluding steroid dienone is 18. The molecule has 0 spiro atoms. The topological polar surface area (TPSA) is 108 Å². The van der Waals surface area contributed by atoms with Gasteiger partial charge in [0.05, 0.1) is 34.4 Å². The molecule has 0 bridgehead atoms. The van der Waals surface area contributed by atoms with E-state index in [9.17, 15) is 19.5 Å². The molecule has 0 aliphatic carbocycles. The second-order valence-corrected chi connectivity index (χ2v) is 17.0. The molecular weight excluding hydrogens is 803 g/mol. The van der Waals surface area contributed by atoms with E-state index >= 15 is 0 Å². The fraction of sp³-hybridized carbons (Fsp3) is 0.618. The molecule has 0 aromatic heterocycles. The van der Waals surface area contributed by atoms with Gasteiger partial charge < -0.3 is 28.5 Å². The molecule has 0 heterocycles. The molecule has 0 saturated carbocycles. The number of carboxylic acids is 1. The van der Waals surface area contributed by atoms with Crippen LogP contribution in [0.1, 0.15) is 162 Å². The van der Waals surface area contributed by atoms with Crippen molar-refractivity contribution in [1.29, 1.82) is 0 Å². The summed E-state index contributed by atoms with van der Waals surface area (Å²) in [6.07, 6.45) is 58.9. The smallest absolute Gasteiger partial charge is 0.361 e. The van der Waals surface area contributed by atoms with Crippen LogP contribution in [0.4, 0.5) is 0 Å². The minimum absolute atomic E-state index is 0.175. The van der Waals surface area contributed by atoms with Crippen LogP contribution in [0.2, 0.25) is 0 Å². The number of carbonyl (C=O) groups is 3. The molecule has 9 heteroatoms. The number of hydrogen-bond acceptors (Lipinski definition) is 7. The molecule has 0 aliphatic rings. The first-order chi connectivity index (χ1) is 31.1. The standard InChI is InChI=1S/C55H89NO8/c1-6-8-10-12-14-16-17-18-19-20-21-22-23-24-25-26-27-28-29-30-31-32-33-34-35-36-37-38-40-42-44-46-53(58)64-51(50-63-55(54(59)60)61-48-47-56(3,4)5)49-62-52(57)45-43-41-39-15-13-11-9-7-2/h8,10,14,16,18-19,21-22,24-25,27-28,30-31,33-34,36-37,51,55H,6-7,9,11-13,15,17,20,23,26,29,32,35,38-50H2,1-5H3/p+1/b10-8-,16-14-,19-18-,22-21-,25-24-,28-27-,31-30-,34-33-,37-36-. The fourth-order valence-corrected chi connectivity index (χ4v) is 6.00. The highest BCUT2D eigenvalue weighted by molar-refractivity contribution is 5.71. The van der Waals surface area contributed by atoms with Crippen molar-refractivity contribution in [2.24, 2.45) is 0 Å². The average Bonchev–Trinajstić information content (AvgIpc) is 3.26. The normalized spacial score (nSPS) is 13.8. The first kappa shape index (κ1) is 60.0. The van der Waals surface area contributed by atoms with Crippen molar-refractivity contribution in [3.63, 3.8) is 0 Å². The third-order valence-electron chi connectivity index (χ3n) is 9.79. The zero-order valence-electron chi connectivity index (χ0n) is 40.9. The SMILES string of the molecule is CC/C=C\C/C=C\C/C=C\C/C=C\C/C=C\C/C=C\C/C=C\C/C=C\C/C=C\CCCCCC(=O)OC(COC(=O)CCCCCCCCCC)COC(OCC[N+](C)(C)C)C(=O)O. The highest BCUT2D eigenvalue weighted by atomic mass is 16.7. The van der Waals surface area contributed by atoms with E-state index in [1.54, 1.807) is 0 Å². The molecule has 64 heavy (non-hydrogen) atoms. The third kappa shape index (κ3) is 46.0. The Balaban J connectivity index is 4.32. The first-order valence-electron chi connectivity index (χ1n) is 24.6. The monoisotopic (exact) mass is 893 g/mol. The first-order valence-corrected chi connectivity index (χ1v) is 24.6. The van der Waals surface area contributed by atoms with E-state index in [2.05, 4.69) is 123 Å². The molecule has 362 valence electrons. The molecule has 0 rings (SSSR count). The molecule has 1 N–H and O–H groups in total. The Morgan fingerprint density at radius 3 is 1.33 bits per heavy atom. The number of hydrogen-bond donors (Lipinski definition) is 1. The third-order valence-corrected chi connectivity index (χ3v) is 9.79. The molecule has 9 nitrogen and oxygen atoms in total. The minimum Gasteiger partial charge on any atom is -0.477 e. The summed E-state index contributed by atoms with van der Waals surface area (Å²) in [5.74, 6) is -2.07. The van der Waals surface area contributed by atoms with E-state index in [0.29, 0.717) is 17.4 Å². The Bertz CT molecular complexity index is 1410. The van der Waals surface area contributed by atoms with Gasteiger partial charge in [-0.05, 0) is 83.5 Å². The predicted octanol–water partition coefficient (Wildman–Crippen LogP) is 13.6. The van der Waals surface area contributed by atoms with Crippen LogP contribution in [0.15, 0.2) is 109 Å². The summed E-state index contributed by atoms with van der Waals surface area (Å²) in [5.41, 5.74) is 0. The summed E-state index contributed by atoms with van der Waals surface area (Å²) < 4.78 is 22.6. The molecule has 0 radical (unpaired) electrons. The maximum absolute atomic E-state index is 12.8. The van der Waals surface area contributed by atoms with Crippen LogP contribution < -0.4 is 0 Å². The van der Waals surface area contributed by atoms with Crippen molar-refractivity contribution in [3.8, 4) is 0 Å². The van der Waals surface area contributed by atoms with E-state index in [-0.39, 0.29) is 38.6 Å². The van der Waals surface area contributed by atoms with Gasteiger partial charge in [0.2, 0.25) is 0 Å². The van der Waals surface area contributed by atoms with Crippen molar-refractivity contribution < 1.29 is 42.9 Å². The lowest BCUT2D eigenvalue weighted by Gasteiger charge is -2.25. The maximum atomic E-state index is 12.8. The Kier molecular flexibility index (Phi) is 42.6. The summed E-state index contributed by atoms with van der Waals surface area (Å²) in [7, 11) is 5.93. The molecule has 0 aromatic carbocycles. The highest BCUT2D eigenvalue weighted by Gasteiger charge is 2.25. The largest absolute Gasteiger partial charge is 0.477 e. The van der Waals surface area contributed by atoms with E-state index in [1.807, 2.05) is 21.1 Å². The summed E-state index contributed by atoms with van der Waals surface area (Å²) >= 11 is 0. The maximum Gasteiger partial charge on any atom is 0.361 e. The molecule has 2 unspecified atom stereocenters.